The first-order chi connectivity index (χ1) is 11.1. The number of piperidine rings is 1. The lowest BCUT2D eigenvalue weighted by Crippen LogP contribution is -2.47. The third-order valence-electron chi connectivity index (χ3n) is 4.29. The minimum Gasteiger partial charge on any atom is -0.492 e. The molecule has 0 amide bonds. The molecular weight excluding hydrogens is 316 g/mol. The van der Waals surface area contributed by atoms with Crippen LogP contribution in [0.1, 0.15) is 19.8 Å². The molecule has 0 saturated carbocycles. The Morgan fingerprint density at radius 1 is 1.43 bits per heavy atom. The molecule has 1 aromatic carbocycles. The monoisotopic (exact) mass is 340 g/mol. The maximum atomic E-state index is 10.9. The van der Waals surface area contributed by atoms with Crippen molar-refractivity contribution in [2.75, 3.05) is 39.3 Å². The maximum Gasteiger partial charge on any atom is 0.317 e. The van der Waals surface area contributed by atoms with E-state index in [1.807, 2.05) is 31.2 Å². The van der Waals surface area contributed by atoms with E-state index in [0.29, 0.717) is 17.7 Å². The van der Waals surface area contributed by atoms with Gasteiger partial charge >= 0.3 is 5.97 Å². The maximum absolute atomic E-state index is 10.9. The molecule has 0 radical (unpaired) electrons. The number of hydrogen-bond donors (Lipinski definition) is 1. The normalized spacial score (nSPS) is 16.7. The van der Waals surface area contributed by atoms with Crippen LogP contribution in [0.5, 0.6) is 5.75 Å². The number of benzene rings is 1. The number of hydrogen-bond acceptors (Lipinski definition) is 4. The fraction of sp³-hybridized carbons (Fsp3) is 0.588. The van der Waals surface area contributed by atoms with Crippen LogP contribution in [0.4, 0.5) is 0 Å². The Kier molecular flexibility index (Phi) is 7.15. The number of likely N-dealkylation sites (tertiary alicyclic amines) is 1. The van der Waals surface area contributed by atoms with Crippen LogP contribution in [0.2, 0.25) is 5.02 Å². The number of rotatable bonds is 8. The Morgan fingerprint density at radius 2 is 2.17 bits per heavy atom. The van der Waals surface area contributed by atoms with Gasteiger partial charge in [-0.2, -0.15) is 0 Å². The SMILES string of the molecule is CCN(CC(=O)O)C1CCN(CCOc2cccc(Cl)c2)CC1. The van der Waals surface area contributed by atoms with E-state index in [2.05, 4.69) is 9.80 Å². The van der Waals surface area contributed by atoms with Crippen LogP contribution < -0.4 is 4.74 Å². The molecule has 1 aliphatic rings. The third-order valence-corrected chi connectivity index (χ3v) is 4.53. The van der Waals surface area contributed by atoms with Gasteiger partial charge in [-0.25, -0.2) is 0 Å². The molecule has 6 heteroatoms. The molecule has 1 N–H and O–H groups in total. The van der Waals surface area contributed by atoms with Gasteiger partial charge in [0.15, 0.2) is 0 Å². The van der Waals surface area contributed by atoms with Gasteiger partial charge in [0.25, 0.3) is 0 Å². The lowest BCUT2D eigenvalue weighted by molar-refractivity contribution is -0.139. The van der Waals surface area contributed by atoms with E-state index in [1.165, 1.54) is 0 Å². The summed E-state index contributed by atoms with van der Waals surface area (Å²) >= 11 is 5.93. The van der Waals surface area contributed by atoms with Crippen LogP contribution >= 0.6 is 11.6 Å². The Labute approximate surface area is 142 Å². The molecule has 0 aliphatic carbocycles. The first kappa shape index (κ1) is 18.0. The molecule has 1 saturated heterocycles. The van der Waals surface area contributed by atoms with Gasteiger partial charge in [0, 0.05) is 17.6 Å². The second kappa shape index (κ2) is 9.11. The van der Waals surface area contributed by atoms with E-state index in [-0.39, 0.29) is 6.54 Å². The number of halogens is 1. The van der Waals surface area contributed by atoms with E-state index < -0.39 is 5.97 Å². The number of aliphatic carboxylic acids is 1. The van der Waals surface area contributed by atoms with Crippen molar-refractivity contribution in [3.63, 3.8) is 0 Å². The largest absolute Gasteiger partial charge is 0.492 e. The predicted molar refractivity (Wildman–Crippen MR) is 91.3 cm³/mol. The van der Waals surface area contributed by atoms with Gasteiger partial charge in [0.05, 0.1) is 6.54 Å². The summed E-state index contributed by atoms with van der Waals surface area (Å²) in [4.78, 5) is 15.3. The van der Waals surface area contributed by atoms with Crippen molar-refractivity contribution in [3.8, 4) is 5.75 Å². The van der Waals surface area contributed by atoms with Crippen LogP contribution in [0.15, 0.2) is 24.3 Å². The summed E-state index contributed by atoms with van der Waals surface area (Å²) in [7, 11) is 0. The molecule has 1 aliphatic heterocycles. The van der Waals surface area contributed by atoms with Gasteiger partial charge in [0.2, 0.25) is 0 Å². The second-order valence-corrected chi connectivity index (χ2v) is 6.27. The quantitative estimate of drug-likeness (QED) is 0.788. The zero-order valence-corrected chi connectivity index (χ0v) is 14.3. The molecule has 23 heavy (non-hydrogen) atoms. The highest BCUT2D eigenvalue weighted by Gasteiger charge is 2.24. The van der Waals surface area contributed by atoms with E-state index in [0.717, 1.165) is 44.8 Å². The van der Waals surface area contributed by atoms with Crippen molar-refractivity contribution in [3.05, 3.63) is 29.3 Å². The van der Waals surface area contributed by atoms with Gasteiger partial charge in [-0.15, -0.1) is 0 Å². The number of carboxylic acids is 1. The summed E-state index contributed by atoms with van der Waals surface area (Å²) in [6, 6.07) is 7.81. The van der Waals surface area contributed by atoms with Gasteiger partial charge < -0.3 is 9.84 Å². The highest BCUT2D eigenvalue weighted by Crippen LogP contribution is 2.18. The molecule has 1 aromatic rings. The fourth-order valence-electron chi connectivity index (χ4n) is 3.03. The second-order valence-electron chi connectivity index (χ2n) is 5.84. The molecule has 0 unspecified atom stereocenters. The molecule has 0 atom stereocenters. The van der Waals surface area contributed by atoms with Crippen molar-refractivity contribution < 1.29 is 14.6 Å². The van der Waals surface area contributed by atoms with E-state index in [4.69, 9.17) is 21.4 Å². The van der Waals surface area contributed by atoms with E-state index in [1.54, 1.807) is 0 Å². The van der Waals surface area contributed by atoms with E-state index >= 15 is 0 Å². The number of nitrogens with zero attached hydrogens (tertiary/aromatic N) is 2. The summed E-state index contributed by atoms with van der Waals surface area (Å²) < 4.78 is 5.72. The van der Waals surface area contributed by atoms with Crippen LogP contribution in [0.3, 0.4) is 0 Å². The minimum absolute atomic E-state index is 0.138. The summed E-state index contributed by atoms with van der Waals surface area (Å²) in [5.41, 5.74) is 0. The van der Waals surface area contributed by atoms with Gasteiger partial charge in [-0.1, -0.05) is 24.6 Å². The molecule has 1 heterocycles. The predicted octanol–water partition coefficient (Wildman–Crippen LogP) is 2.59. The van der Waals surface area contributed by atoms with Crippen molar-refractivity contribution in [2.45, 2.75) is 25.8 Å². The fourth-order valence-corrected chi connectivity index (χ4v) is 3.21. The zero-order valence-electron chi connectivity index (χ0n) is 13.6. The van der Waals surface area contributed by atoms with Crippen molar-refractivity contribution in [1.82, 2.24) is 9.80 Å². The van der Waals surface area contributed by atoms with Gasteiger partial charge in [0.1, 0.15) is 12.4 Å². The molecule has 128 valence electrons. The Bertz CT molecular complexity index is 504. The Hall–Kier alpha value is -1.30. The Balaban J connectivity index is 1.69. The first-order valence-electron chi connectivity index (χ1n) is 8.15. The van der Waals surface area contributed by atoms with Crippen molar-refractivity contribution in [2.24, 2.45) is 0 Å². The third kappa shape index (κ3) is 6.01. The standard InChI is InChI=1S/C17H25ClN2O3/c1-2-20(13-17(21)22)15-6-8-19(9-7-15)10-11-23-16-5-3-4-14(18)12-16/h3-5,12,15H,2,6-11,13H2,1H3,(H,21,22). The van der Waals surface area contributed by atoms with Gasteiger partial charge in [-0.05, 0) is 50.7 Å². The smallest absolute Gasteiger partial charge is 0.317 e. The number of carboxylic acid groups (broad SMARTS) is 1. The molecular formula is C17H25ClN2O3. The molecule has 0 bridgehead atoms. The molecule has 0 spiro atoms. The summed E-state index contributed by atoms with van der Waals surface area (Å²) in [6.07, 6.45) is 2.02. The van der Waals surface area contributed by atoms with Crippen LogP contribution in [0.25, 0.3) is 0 Å². The number of carbonyl (C=O) groups is 1. The Morgan fingerprint density at radius 3 is 2.78 bits per heavy atom. The highest BCUT2D eigenvalue weighted by molar-refractivity contribution is 6.30. The number of likely N-dealkylation sites (N-methyl/N-ethyl adjacent to an activating group) is 1. The average molecular weight is 341 g/mol. The zero-order chi connectivity index (χ0) is 16.7. The molecule has 0 aromatic heterocycles. The van der Waals surface area contributed by atoms with Crippen LogP contribution in [-0.4, -0.2) is 66.2 Å². The lowest BCUT2D eigenvalue weighted by Gasteiger charge is -2.37. The molecule has 5 nitrogen and oxygen atoms in total. The summed E-state index contributed by atoms with van der Waals surface area (Å²) in [5.74, 6) is 0.0511. The number of ether oxygens (including phenoxy) is 1. The summed E-state index contributed by atoms with van der Waals surface area (Å²) in [6.45, 7) is 6.43. The topological polar surface area (TPSA) is 53.0 Å². The highest BCUT2D eigenvalue weighted by atomic mass is 35.5. The van der Waals surface area contributed by atoms with Crippen LogP contribution in [0, 0.1) is 0 Å². The van der Waals surface area contributed by atoms with Gasteiger partial charge in [-0.3, -0.25) is 14.6 Å². The molecule has 2 rings (SSSR count). The summed E-state index contributed by atoms with van der Waals surface area (Å²) in [5, 5.41) is 9.65. The minimum atomic E-state index is -0.746. The van der Waals surface area contributed by atoms with E-state index in [9.17, 15) is 4.79 Å². The lowest BCUT2D eigenvalue weighted by atomic mass is 10.0. The van der Waals surface area contributed by atoms with Crippen LogP contribution in [-0.2, 0) is 4.79 Å². The molecule has 1 fully saturated rings. The van der Waals surface area contributed by atoms with Crippen molar-refractivity contribution >= 4 is 17.6 Å². The average Bonchev–Trinajstić information content (AvgIpc) is 2.53. The van der Waals surface area contributed by atoms with Crippen molar-refractivity contribution in [1.29, 1.82) is 0 Å². The first-order valence-corrected chi connectivity index (χ1v) is 8.53.